The minimum Gasteiger partial charge on any atom is -0.396 e. The van der Waals surface area contributed by atoms with Gasteiger partial charge < -0.3 is 15.7 Å². The highest BCUT2D eigenvalue weighted by Gasteiger charge is 2.31. The number of hydrogen-bond acceptors (Lipinski definition) is 5. The fourth-order valence-electron chi connectivity index (χ4n) is 2.44. The Kier molecular flexibility index (Phi) is 4.74. The zero-order valence-electron chi connectivity index (χ0n) is 11.7. The van der Waals surface area contributed by atoms with E-state index in [2.05, 4.69) is 0 Å². The molecular formula is C14H19N3O4. The molecule has 114 valence electrons. The molecule has 1 amide bonds. The summed E-state index contributed by atoms with van der Waals surface area (Å²) in [5, 5.41) is 19.9. The van der Waals surface area contributed by atoms with Crippen molar-refractivity contribution in [2.24, 2.45) is 0 Å². The quantitative estimate of drug-likeness (QED) is 0.470. The maximum atomic E-state index is 12.6. The second-order valence-electron chi connectivity index (χ2n) is 5.16. The average molecular weight is 293 g/mol. The van der Waals surface area contributed by atoms with Gasteiger partial charge in [0.05, 0.1) is 10.5 Å². The third-order valence-corrected chi connectivity index (χ3v) is 3.84. The molecular weight excluding hydrogens is 274 g/mol. The molecule has 0 bridgehead atoms. The summed E-state index contributed by atoms with van der Waals surface area (Å²) in [6.45, 7) is 0.434. The van der Waals surface area contributed by atoms with Crippen LogP contribution in [0.5, 0.6) is 0 Å². The van der Waals surface area contributed by atoms with E-state index in [1.165, 1.54) is 18.2 Å². The first-order valence-corrected chi connectivity index (χ1v) is 7.01. The van der Waals surface area contributed by atoms with Crippen LogP contribution in [0.4, 0.5) is 11.4 Å². The number of nitro benzene ring substituents is 1. The van der Waals surface area contributed by atoms with Gasteiger partial charge in [-0.2, -0.15) is 0 Å². The van der Waals surface area contributed by atoms with Crippen molar-refractivity contribution < 1.29 is 14.8 Å². The molecule has 0 heterocycles. The van der Waals surface area contributed by atoms with Crippen molar-refractivity contribution in [3.05, 3.63) is 33.9 Å². The van der Waals surface area contributed by atoms with E-state index in [0.29, 0.717) is 13.0 Å². The van der Waals surface area contributed by atoms with Crippen LogP contribution in [-0.4, -0.2) is 40.0 Å². The maximum absolute atomic E-state index is 12.6. The van der Waals surface area contributed by atoms with Crippen LogP contribution in [0.1, 0.15) is 36.0 Å². The van der Waals surface area contributed by atoms with Crippen LogP contribution in [0.3, 0.4) is 0 Å². The number of nitrogens with zero attached hydrogens (tertiary/aromatic N) is 2. The minimum atomic E-state index is -0.590. The number of nitrogen functional groups attached to an aromatic ring is 1. The van der Waals surface area contributed by atoms with Gasteiger partial charge in [-0.05, 0) is 31.7 Å². The molecule has 3 N–H and O–H groups in total. The monoisotopic (exact) mass is 293 g/mol. The summed E-state index contributed by atoms with van der Waals surface area (Å²) in [5.41, 5.74) is 5.58. The second-order valence-corrected chi connectivity index (χ2v) is 5.16. The molecule has 0 unspecified atom stereocenters. The van der Waals surface area contributed by atoms with Gasteiger partial charge in [0.15, 0.2) is 0 Å². The van der Waals surface area contributed by atoms with E-state index in [-0.39, 0.29) is 35.5 Å². The second kappa shape index (κ2) is 6.53. The van der Waals surface area contributed by atoms with Crippen LogP contribution < -0.4 is 5.73 Å². The molecule has 1 saturated carbocycles. The lowest BCUT2D eigenvalue weighted by Crippen LogP contribution is -2.45. The van der Waals surface area contributed by atoms with E-state index in [9.17, 15) is 14.9 Å². The molecule has 0 aliphatic heterocycles. The third-order valence-electron chi connectivity index (χ3n) is 3.84. The number of nitro groups is 1. The number of carbonyl (C=O) groups excluding carboxylic acids is 1. The number of aliphatic hydroxyl groups is 1. The standard InChI is InChI=1S/C14H19N3O4/c15-13-11(6-2-7-12(13)17(20)21)14(19)16(8-3-9-18)10-4-1-5-10/h2,6-7,10,18H,1,3-5,8-9,15H2. The minimum absolute atomic E-state index is 0.000912. The zero-order valence-corrected chi connectivity index (χ0v) is 11.7. The highest BCUT2D eigenvalue weighted by Crippen LogP contribution is 2.30. The summed E-state index contributed by atoms with van der Waals surface area (Å²) in [6.07, 6.45) is 3.40. The molecule has 0 aromatic heterocycles. The van der Waals surface area contributed by atoms with E-state index in [1.54, 1.807) is 4.90 Å². The predicted molar refractivity (Wildman–Crippen MR) is 77.9 cm³/mol. The van der Waals surface area contributed by atoms with Crippen LogP contribution >= 0.6 is 0 Å². The van der Waals surface area contributed by atoms with Crippen LogP contribution in [0, 0.1) is 10.1 Å². The predicted octanol–water partition coefficient (Wildman–Crippen LogP) is 1.55. The average Bonchev–Trinajstić information content (AvgIpc) is 2.40. The number of anilines is 1. The summed E-state index contributed by atoms with van der Waals surface area (Å²) >= 11 is 0. The lowest BCUT2D eigenvalue weighted by molar-refractivity contribution is -0.383. The van der Waals surface area contributed by atoms with Crippen molar-refractivity contribution >= 4 is 17.3 Å². The topological polar surface area (TPSA) is 110 Å². The number of amides is 1. The van der Waals surface area contributed by atoms with Gasteiger partial charge in [0.2, 0.25) is 0 Å². The van der Waals surface area contributed by atoms with Crippen molar-refractivity contribution in [3.63, 3.8) is 0 Å². The smallest absolute Gasteiger partial charge is 0.292 e. The Morgan fingerprint density at radius 2 is 2.19 bits per heavy atom. The molecule has 1 fully saturated rings. The van der Waals surface area contributed by atoms with E-state index in [0.717, 1.165) is 19.3 Å². The number of para-hydroxylation sites is 1. The van der Waals surface area contributed by atoms with Gasteiger partial charge in [-0.3, -0.25) is 14.9 Å². The van der Waals surface area contributed by atoms with Gasteiger partial charge in [-0.15, -0.1) is 0 Å². The molecule has 7 nitrogen and oxygen atoms in total. The van der Waals surface area contributed by atoms with Crippen molar-refractivity contribution in [2.45, 2.75) is 31.7 Å². The third kappa shape index (κ3) is 3.13. The van der Waals surface area contributed by atoms with Crippen molar-refractivity contribution in [1.29, 1.82) is 0 Å². The molecule has 1 aliphatic carbocycles. The van der Waals surface area contributed by atoms with E-state index in [1.807, 2.05) is 0 Å². The highest BCUT2D eigenvalue weighted by atomic mass is 16.6. The molecule has 1 aromatic carbocycles. The maximum Gasteiger partial charge on any atom is 0.292 e. The van der Waals surface area contributed by atoms with Gasteiger partial charge in [-0.1, -0.05) is 6.07 Å². The molecule has 0 radical (unpaired) electrons. The van der Waals surface area contributed by atoms with Gasteiger partial charge >= 0.3 is 0 Å². The molecule has 7 heteroatoms. The molecule has 1 aromatic rings. The lowest BCUT2D eigenvalue weighted by atomic mass is 9.90. The van der Waals surface area contributed by atoms with Crippen molar-refractivity contribution in [3.8, 4) is 0 Å². The van der Waals surface area contributed by atoms with Gasteiger partial charge in [0, 0.05) is 25.3 Å². The summed E-state index contributed by atoms with van der Waals surface area (Å²) in [6, 6.07) is 4.40. The first kappa shape index (κ1) is 15.2. The number of nitrogens with two attached hydrogens (primary N) is 1. The normalized spacial score (nSPS) is 14.5. The molecule has 0 saturated heterocycles. The zero-order chi connectivity index (χ0) is 15.4. The van der Waals surface area contributed by atoms with Crippen molar-refractivity contribution in [1.82, 2.24) is 4.90 Å². The van der Waals surface area contributed by atoms with E-state index >= 15 is 0 Å². The number of benzene rings is 1. The van der Waals surface area contributed by atoms with Crippen LogP contribution in [-0.2, 0) is 0 Å². The fourth-order valence-corrected chi connectivity index (χ4v) is 2.44. The lowest BCUT2D eigenvalue weighted by Gasteiger charge is -2.37. The molecule has 0 atom stereocenters. The van der Waals surface area contributed by atoms with Gasteiger partial charge in [0.25, 0.3) is 11.6 Å². The van der Waals surface area contributed by atoms with Gasteiger partial charge in [0.1, 0.15) is 5.69 Å². The Labute approximate surface area is 122 Å². The summed E-state index contributed by atoms with van der Waals surface area (Å²) in [7, 11) is 0. The van der Waals surface area contributed by atoms with Crippen LogP contribution in [0.2, 0.25) is 0 Å². The molecule has 0 spiro atoms. The van der Waals surface area contributed by atoms with Crippen LogP contribution in [0.25, 0.3) is 0 Å². The Morgan fingerprint density at radius 1 is 1.48 bits per heavy atom. The number of rotatable bonds is 6. The first-order valence-electron chi connectivity index (χ1n) is 7.01. The molecule has 21 heavy (non-hydrogen) atoms. The highest BCUT2D eigenvalue weighted by molar-refractivity contribution is 6.01. The number of carbonyl (C=O) groups is 1. The van der Waals surface area contributed by atoms with Crippen molar-refractivity contribution in [2.75, 3.05) is 18.9 Å². The van der Waals surface area contributed by atoms with E-state index < -0.39 is 4.92 Å². The Bertz CT molecular complexity index is 543. The largest absolute Gasteiger partial charge is 0.396 e. The Morgan fingerprint density at radius 3 is 2.71 bits per heavy atom. The summed E-state index contributed by atoms with van der Waals surface area (Å²) in [5.74, 6) is -0.297. The molecule has 1 aliphatic rings. The SMILES string of the molecule is Nc1c(C(=O)N(CCCO)C2CCC2)cccc1[N+](=O)[O-]. The van der Waals surface area contributed by atoms with E-state index in [4.69, 9.17) is 10.8 Å². The molecule has 2 rings (SSSR count). The number of aliphatic hydroxyl groups excluding tert-OH is 1. The summed E-state index contributed by atoms with van der Waals surface area (Å²) in [4.78, 5) is 24.6. The fraction of sp³-hybridized carbons (Fsp3) is 0.500. The first-order chi connectivity index (χ1) is 10.1. The van der Waals surface area contributed by atoms with Gasteiger partial charge in [-0.25, -0.2) is 0 Å². The Hall–Kier alpha value is -2.15. The summed E-state index contributed by atoms with van der Waals surface area (Å²) < 4.78 is 0. The Balaban J connectivity index is 2.27. The number of hydrogen-bond donors (Lipinski definition) is 2. The van der Waals surface area contributed by atoms with Crippen LogP contribution in [0.15, 0.2) is 18.2 Å².